The van der Waals surface area contributed by atoms with Gasteiger partial charge >= 0.3 is 0 Å². The van der Waals surface area contributed by atoms with Crippen LogP contribution in [0.15, 0.2) is 29.3 Å². The van der Waals surface area contributed by atoms with Crippen molar-refractivity contribution in [2.75, 3.05) is 0 Å². The molecule has 0 radical (unpaired) electrons. The number of hydrogen-bond donors (Lipinski definition) is 0. The maximum atomic E-state index is 8.46. The van der Waals surface area contributed by atoms with Crippen LogP contribution in [0.25, 0.3) is 0 Å². The molecule has 0 aliphatic carbocycles. The van der Waals surface area contributed by atoms with Gasteiger partial charge in [-0.2, -0.15) is 10.5 Å². The lowest BCUT2D eigenvalue weighted by Gasteiger charge is -1.93. The molecule has 0 saturated carbocycles. The van der Waals surface area contributed by atoms with E-state index in [1.165, 1.54) is 6.21 Å². The van der Waals surface area contributed by atoms with Crippen LogP contribution < -0.4 is 0 Å². The first kappa shape index (κ1) is 10.2. The SMILES string of the molecule is N#CC(C#N)C=Nc1ccc(Cl)cc1. The summed E-state index contributed by atoms with van der Waals surface area (Å²) in [4.78, 5) is 3.96. The Balaban J connectivity index is 2.75. The van der Waals surface area contributed by atoms with Crippen LogP contribution in [-0.4, -0.2) is 6.21 Å². The van der Waals surface area contributed by atoms with E-state index in [0.29, 0.717) is 10.7 Å². The summed E-state index contributed by atoms with van der Waals surface area (Å²) in [5, 5.41) is 17.6. The molecule has 0 bridgehead atoms. The molecule has 0 aromatic heterocycles. The van der Waals surface area contributed by atoms with Crippen molar-refractivity contribution in [2.24, 2.45) is 10.9 Å². The first-order chi connectivity index (χ1) is 6.76. The molecular weight excluding hydrogens is 198 g/mol. The summed E-state index contributed by atoms with van der Waals surface area (Å²) in [6.45, 7) is 0. The molecule has 0 saturated heterocycles. The van der Waals surface area contributed by atoms with Crippen molar-refractivity contribution < 1.29 is 0 Å². The molecule has 1 aromatic rings. The second-order valence-electron chi connectivity index (χ2n) is 2.49. The Bertz CT molecular complexity index is 394. The predicted octanol–water partition coefficient (Wildman–Crippen LogP) is 2.71. The van der Waals surface area contributed by atoms with Gasteiger partial charge in [-0.1, -0.05) is 11.6 Å². The molecule has 0 fully saturated rings. The van der Waals surface area contributed by atoms with Gasteiger partial charge in [-0.15, -0.1) is 0 Å². The molecule has 0 aliphatic rings. The van der Waals surface area contributed by atoms with E-state index >= 15 is 0 Å². The Morgan fingerprint density at radius 2 is 1.79 bits per heavy atom. The zero-order chi connectivity index (χ0) is 10.4. The van der Waals surface area contributed by atoms with Crippen molar-refractivity contribution in [3.8, 4) is 12.1 Å². The van der Waals surface area contributed by atoms with Gasteiger partial charge in [-0.05, 0) is 24.3 Å². The van der Waals surface area contributed by atoms with Crippen molar-refractivity contribution in [3.05, 3.63) is 29.3 Å². The molecule has 0 amide bonds. The lowest BCUT2D eigenvalue weighted by atomic mass is 10.2. The molecular formula is C10H6ClN3. The Morgan fingerprint density at radius 3 is 2.29 bits per heavy atom. The highest BCUT2D eigenvalue weighted by molar-refractivity contribution is 6.30. The summed E-state index contributed by atoms with van der Waals surface area (Å²) in [6.07, 6.45) is 1.31. The minimum absolute atomic E-state index is 0.626. The number of halogens is 1. The van der Waals surface area contributed by atoms with E-state index in [4.69, 9.17) is 22.1 Å². The number of nitrogens with zero attached hydrogens (tertiary/aromatic N) is 3. The van der Waals surface area contributed by atoms with Crippen molar-refractivity contribution in [1.82, 2.24) is 0 Å². The van der Waals surface area contributed by atoms with Gasteiger partial charge in [0, 0.05) is 11.2 Å². The van der Waals surface area contributed by atoms with Gasteiger partial charge in [-0.3, -0.25) is 4.99 Å². The van der Waals surface area contributed by atoms with Crippen molar-refractivity contribution in [3.63, 3.8) is 0 Å². The molecule has 68 valence electrons. The second kappa shape index (κ2) is 5.01. The summed E-state index contributed by atoms with van der Waals surface area (Å²) in [5.74, 6) is -0.800. The number of hydrogen-bond acceptors (Lipinski definition) is 3. The normalized spacial score (nSPS) is 10.0. The molecule has 0 N–H and O–H groups in total. The topological polar surface area (TPSA) is 59.9 Å². The first-order valence-corrected chi connectivity index (χ1v) is 4.23. The smallest absolute Gasteiger partial charge is 0.168 e. The van der Waals surface area contributed by atoms with E-state index in [2.05, 4.69) is 4.99 Å². The third-order valence-corrected chi connectivity index (χ3v) is 1.73. The fraction of sp³-hybridized carbons (Fsp3) is 0.100. The highest BCUT2D eigenvalue weighted by atomic mass is 35.5. The first-order valence-electron chi connectivity index (χ1n) is 3.85. The van der Waals surface area contributed by atoms with Crippen LogP contribution >= 0.6 is 11.6 Å². The molecule has 4 heteroatoms. The quantitative estimate of drug-likeness (QED) is 0.694. The summed E-state index contributed by atoms with van der Waals surface area (Å²) >= 11 is 5.67. The Labute approximate surface area is 86.9 Å². The van der Waals surface area contributed by atoms with Gasteiger partial charge in [-0.25, -0.2) is 0 Å². The lowest BCUT2D eigenvalue weighted by Crippen LogP contribution is -1.92. The average Bonchev–Trinajstić information content (AvgIpc) is 2.22. The lowest BCUT2D eigenvalue weighted by molar-refractivity contribution is 1.17. The zero-order valence-electron chi connectivity index (χ0n) is 7.18. The van der Waals surface area contributed by atoms with Crippen LogP contribution in [-0.2, 0) is 0 Å². The summed E-state index contributed by atoms with van der Waals surface area (Å²) in [5.41, 5.74) is 0.671. The monoisotopic (exact) mass is 203 g/mol. The Kier molecular flexibility index (Phi) is 3.67. The van der Waals surface area contributed by atoms with E-state index in [9.17, 15) is 0 Å². The molecule has 14 heavy (non-hydrogen) atoms. The van der Waals surface area contributed by atoms with E-state index in [0.717, 1.165) is 0 Å². The third kappa shape index (κ3) is 2.90. The summed E-state index contributed by atoms with van der Waals surface area (Å²) < 4.78 is 0. The third-order valence-electron chi connectivity index (χ3n) is 1.48. The van der Waals surface area contributed by atoms with Gasteiger partial charge in [0.05, 0.1) is 17.8 Å². The summed E-state index contributed by atoms with van der Waals surface area (Å²) in [6, 6.07) is 10.4. The van der Waals surface area contributed by atoms with Crippen LogP contribution in [0.1, 0.15) is 0 Å². The molecule has 1 aromatic carbocycles. The van der Waals surface area contributed by atoms with Gasteiger partial charge < -0.3 is 0 Å². The van der Waals surface area contributed by atoms with Gasteiger partial charge in [0.25, 0.3) is 0 Å². The number of benzene rings is 1. The number of aliphatic imine (C=N–C) groups is 1. The highest BCUT2D eigenvalue weighted by Gasteiger charge is 1.98. The molecule has 0 aliphatic heterocycles. The predicted molar refractivity (Wildman–Crippen MR) is 54.3 cm³/mol. The average molecular weight is 204 g/mol. The van der Waals surface area contributed by atoms with E-state index in [1.807, 2.05) is 0 Å². The van der Waals surface area contributed by atoms with Crippen LogP contribution in [0.2, 0.25) is 5.02 Å². The maximum absolute atomic E-state index is 8.46. The maximum Gasteiger partial charge on any atom is 0.168 e. The number of rotatable bonds is 2. The fourth-order valence-electron chi connectivity index (χ4n) is 0.783. The molecule has 1 rings (SSSR count). The van der Waals surface area contributed by atoms with Gasteiger partial charge in [0.15, 0.2) is 5.92 Å². The van der Waals surface area contributed by atoms with Crippen molar-refractivity contribution >= 4 is 23.5 Å². The van der Waals surface area contributed by atoms with E-state index in [1.54, 1.807) is 36.4 Å². The minimum Gasteiger partial charge on any atom is -0.259 e. The van der Waals surface area contributed by atoms with Crippen LogP contribution in [0.3, 0.4) is 0 Å². The van der Waals surface area contributed by atoms with E-state index in [-0.39, 0.29) is 0 Å². The fourth-order valence-corrected chi connectivity index (χ4v) is 0.909. The standard InChI is InChI=1S/C10H6ClN3/c11-9-1-3-10(4-2-9)14-7-8(5-12)6-13/h1-4,7-8H. The molecule has 0 spiro atoms. The molecule has 0 atom stereocenters. The van der Waals surface area contributed by atoms with E-state index < -0.39 is 5.92 Å². The van der Waals surface area contributed by atoms with Crippen molar-refractivity contribution in [2.45, 2.75) is 0 Å². The zero-order valence-corrected chi connectivity index (χ0v) is 7.94. The number of nitriles is 2. The van der Waals surface area contributed by atoms with Crippen LogP contribution in [0.5, 0.6) is 0 Å². The second-order valence-corrected chi connectivity index (χ2v) is 2.93. The van der Waals surface area contributed by atoms with Crippen molar-refractivity contribution in [1.29, 1.82) is 10.5 Å². The Morgan fingerprint density at radius 1 is 1.21 bits per heavy atom. The minimum atomic E-state index is -0.800. The van der Waals surface area contributed by atoms with Gasteiger partial charge in [0.1, 0.15) is 0 Å². The van der Waals surface area contributed by atoms with Gasteiger partial charge in [0.2, 0.25) is 0 Å². The summed E-state index contributed by atoms with van der Waals surface area (Å²) in [7, 11) is 0. The molecule has 0 heterocycles. The molecule has 3 nitrogen and oxygen atoms in total. The highest BCUT2D eigenvalue weighted by Crippen LogP contribution is 2.15. The van der Waals surface area contributed by atoms with Crippen LogP contribution in [0.4, 0.5) is 5.69 Å². The largest absolute Gasteiger partial charge is 0.259 e. The molecule has 0 unspecified atom stereocenters. The Hall–Kier alpha value is -1.84. The van der Waals surface area contributed by atoms with Crippen LogP contribution in [0, 0.1) is 28.6 Å².